The van der Waals surface area contributed by atoms with Gasteiger partial charge in [0, 0.05) is 29.3 Å². The summed E-state index contributed by atoms with van der Waals surface area (Å²) in [7, 11) is 1.67. The van der Waals surface area contributed by atoms with Gasteiger partial charge in [-0.05, 0) is 35.9 Å². The number of aromatic hydroxyl groups is 1. The molecule has 0 spiro atoms. The van der Waals surface area contributed by atoms with Crippen molar-refractivity contribution >= 4 is 22.1 Å². The van der Waals surface area contributed by atoms with Gasteiger partial charge in [-0.3, -0.25) is 9.89 Å². The largest absolute Gasteiger partial charge is 0.507 e. The van der Waals surface area contributed by atoms with Crippen LogP contribution in [0.25, 0.3) is 0 Å². The topological polar surface area (TPSA) is 54.3 Å². The van der Waals surface area contributed by atoms with Gasteiger partial charge in [-0.2, -0.15) is 0 Å². The maximum Gasteiger partial charge on any atom is 0.124 e. The SMILES string of the molecule is COc1ccc([C@@H](CN=Cc2cc(Br)ccc2O)N2CCOCC2)cc1. The maximum absolute atomic E-state index is 9.97. The van der Waals surface area contributed by atoms with Crippen LogP contribution in [0.4, 0.5) is 0 Å². The number of aliphatic imine (C=N–C) groups is 1. The van der Waals surface area contributed by atoms with Gasteiger partial charge in [-0.1, -0.05) is 28.1 Å². The van der Waals surface area contributed by atoms with Crippen LogP contribution < -0.4 is 4.74 Å². The second-order valence-corrected chi connectivity index (χ2v) is 7.05. The third-order valence-electron chi connectivity index (χ3n) is 4.49. The zero-order chi connectivity index (χ0) is 18.4. The molecule has 1 N–H and O–H groups in total. The Balaban J connectivity index is 1.78. The molecule has 0 aliphatic carbocycles. The minimum absolute atomic E-state index is 0.162. The molecule has 0 amide bonds. The number of morpholine rings is 1. The zero-order valence-corrected chi connectivity index (χ0v) is 16.4. The molecule has 1 saturated heterocycles. The quantitative estimate of drug-likeness (QED) is 0.727. The molecule has 0 radical (unpaired) electrons. The molecular weight excluding hydrogens is 396 g/mol. The standard InChI is InChI=1S/C20H23BrN2O3/c1-25-18-5-2-15(3-6-18)19(23-8-10-26-11-9-23)14-22-13-16-12-17(21)4-7-20(16)24/h2-7,12-13,19,24H,8-11,14H2,1H3/t19-/m1/s1. The molecule has 3 rings (SSSR count). The summed E-state index contributed by atoms with van der Waals surface area (Å²) in [6.45, 7) is 3.85. The van der Waals surface area contributed by atoms with Gasteiger partial charge in [-0.15, -0.1) is 0 Å². The Morgan fingerprint density at radius 2 is 1.96 bits per heavy atom. The lowest BCUT2D eigenvalue weighted by Gasteiger charge is -2.34. The van der Waals surface area contributed by atoms with Crippen LogP contribution in [0.15, 0.2) is 51.9 Å². The Hall–Kier alpha value is -1.89. The van der Waals surface area contributed by atoms with E-state index in [1.165, 1.54) is 5.56 Å². The van der Waals surface area contributed by atoms with Crippen molar-refractivity contribution in [1.29, 1.82) is 0 Å². The summed E-state index contributed by atoms with van der Waals surface area (Å²) in [4.78, 5) is 7.01. The average Bonchev–Trinajstić information content (AvgIpc) is 2.69. The molecule has 26 heavy (non-hydrogen) atoms. The number of halogens is 1. The molecule has 138 valence electrons. The molecular formula is C20H23BrN2O3. The fourth-order valence-corrected chi connectivity index (χ4v) is 3.41. The highest BCUT2D eigenvalue weighted by Gasteiger charge is 2.22. The van der Waals surface area contributed by atoms with E-state index in [2.05, 4.69) is 38.0 Å². The number of hydrogen-bond donors (Lipinski definition) is 1. The molecule has 2 aromatic rings. The van der Waals surface area contributed by atoms with Gasteiger partial charge in [0.05, 0.1) is 32.9 Å². The highest BCUT2D eigenvalue weighted by atomic mass is 79.9. The molecule has 5 nitrogen and oxygen atoms in total. The van der Waals surface area contributed by atoms with Gasteiger partial charge in [0.1, 0.15) is 11.5 Å². The van der Waals surface area contributed by atoms with E-state index < -0.39 is 0 Å². The Bertz CT molecular complexity index is 743. The molecule has 0 aromatic heterocycles. The molecule has 0 unspecified atom stereocenters. The van der Waals surface area contributed by atoms with Gasteiger partial charge >= 0.3 is 0 Å². The number of benzene rings is 2. The monoisotopic (exact) mass is 418 g/mol. The van der Waals surface area contributed by atoms with Crippen LogP contribution in [0.1, 0.15) is 17.2 Å². The number of phenolic OH excluding ortho intramolecular Hbond substituents is 1. The molecule has 1 aliphatic heterocycles. The van der Waals surface area contributed by atoms with Crippen molar-refractivity contribution < 1.29 is 14.6 Å². The van der Waals surface area contributed by atoms with Crippen molar-refractivity contribution in [3.05, 3.63) is 58.1 Å². The van der Waals surface area contributed by atoms with Gasteiger partial charge in [-0.25, -0.2) is 0 Å². The highest BCUT2D eigenvalue weighted by Crippen LogP contribution is 2.25. The molecule has 0 bridgehead atoms. The first kappa shape index (κ1) is 18.9. The first-order valence-electron chi connectivity index (χ1n) is 8.61. The summed E-state index contributed by atoms with van der Waals surface area (Å²) in [5.41, 5.74) is 1.90. The van der Waals surface area contributed by atoms with E-state index in [1.807, 2.05) is 18.2 Å². The lowest BCUT2D eigenvalue weighted by Crippen LogP contribution is -2.40. The number of phenols is 1. The third-order valence-corrected chi connectivity index (χ3v) is 4.98. The summed E-state index contributed by atoms with van der Waals surface area (Å²) in [5, 5.41) is 9.97. The van der Waals surface area contributed by atoms with Crippen LogP contribution in [0.5, 0.6) is 11.5 Å². The minimum atomic E-state index is 0.162. The normalized spacial score (nSPS) is 16.7. The first-order chi connectivity index (χ1) is 12.7. The van der Waals surface area contributed by atoms with Gasteiger partial charge < -0.3 is 14.6 Å². The number of methoxy groups -OCH3 is 1. The highest BCUT2D eigenvalue weighted by molar-refractivity contribution is 9.10. The minimum Gasteiger partial charge on any atom is -0.507 e. The Labute approximate surface area is 162 Å². The van der Waals surface area contributed by atoms with Crippen molar-refractivity contribution in [3.63, 3.8) is 0 Å². The van der Waals surface area contributed by atoms with E-state index in [-0.39, 0.29) is 11.8 Å². The van der Waals surface area contributed by atoms with E-state index in [9.17, 15) is 5.11 Å². The Kier molecular flexibility index (Phi) is 6.66. The smallest absolute Gasteiger partial charge is 0.124 e. The summed E-state index contributed by atoms with van der Waals surface area (Å²) in [5.74, 6) is 1.07. The maximum atomic E-state index is 9.97. The van der Waals surface area contributed by atoms with E-state index in [4.69, 9.17) is 9.47 Å². The Morgan fingerprint density at radius 1 is 1.23 bits per heavy atom. The fourth-order valence-electron chi connectivity index (χ4n) is 3.03. The van der Waals surface area contributed by atoms with Crippen LogP contribution in [0, 0.1) is 0 Å². The van der Waals surface area contributed by atoms with Crippen molar-refractivity contribution in [2.24, 2.45) is 4.99 Å². The van der Waals surface area contributed by atoms with Gasteiger partial charge in [0.25, 0.3) is 0 Å². The van der Waals surface area contributed by atoms with Crippen molar-refractivity contribution in [2.75, 3.05) is 40.0 Å². The van der Waals surface area contributed by atoms with Crippen LogP contribution in [-0.4, -0.2) is 56.2 Å². The van der Waals surface area contributed by atoms with Crippen LogP contribution in [-0.2, 0) is 4.74 Å². The van der Waals surface area contributed by atoms with Crippen molar-refractivity contribution in [3.8, 4) is 11.5 Å². The summed E-state index contributed by atoms with van der Waals surface area (Å²) in [6.07, 6.45) is 1.73. The number of ether oxygens (including phenoxy) is 2. The predicted octanol–water partition coefficient (Wildman–Crippen LogP) is 3.66. The van der Waals surface area contributed by atoms with Crippen LogP contribution >= 0.6 is 15.9 Å². The van der Waals surface area contributed by atoms with E-state index in [0.717, 1.165) is 36.5 Å². The number of nitrogens with zero attached hydrogens (tertiary/aromatic N) is 2. The molecule has 1 aliphatic rings. The number of rotatable bonds is 6. The number of hydrogen-bond acceptors (Lipinski definition) is 5. The van der Waals surface area contributed by atoms with E-state index >= 15 is 0 Å². The van der Waals surface area contributed by atoms with Crippen LogP contribution in [0.2, 0.25) is 0 Å². The van der Waals surface area contributed by atoms with Gasteiger partial charge in [0.2, 0.25) is 0 Å². The van der Waals surface area contributed by atoms with Crippen LogP contribution in [0.3, 0.4) is 0 Å². The zero-order valence-electron chi connectivity index (χ0n) is 14.8. The first-order valence-corrected chi connectivity index (χ1v) is 9.41. The second-order valence-electron chi connectivity index (χ2n) is 6.13. The predicted molar refractivity (Wildman–Crippen MR) is 106 cm³/mol. The lowest BCUT2D eigenvalue weighted by molar-refractivity contribution is 0.0180. The average molecular weight is 419 g/mol. The van der Waals surface area contributed by atoms with Crippen molar-refractivity contribution in [2.45, 2.75) is 6.04 Å². The third kappa shape index (κ3) is 4.84. The van der Waals surface area contributed by atoms with E-state index in [1.54, 1.807) is 25.5 Å². The molecule has 0 saturated carbocycles. The molecule has 1 atom stereocenters. The summed E-state index contributed by atoms with van der Waals surface area (Å²) < 4.78 is 11.7. The molecule has 1 fully saturated rings. The van der Waals surface area contributed by atoms with Gasteiger partial charge in [0.15, 0.2) is 0 Å². The van der Waals surface area contributed by atoms with Crippen molar-refractivity contribution in [1.82, 2.24) is 4.90 Å². The summed E-state index contributed by atoms with van der Waals surface area (Å²) in [6, 6.07) is 13.6. The summed E-state index contributed by atoms with van der Waals surface area (Å²) >= 11 is 3.42. The fraction of sp³-hybridized carbons (Fsp3) is 0.350. The lowest BCUT2D eigenvalue weighted by atomic mass is 10.0. The Morgan fingerprint density at radius 3 is 2.65 bits per heavy atom. The second kappa shape index (κ2) is 9.16. The molecule has 2 aromatic carbocycles. The van der Waals surface area contributed by atoms with E-state index in [0.29, 0.717) is 12.1 Å². The molecule has 6 heteroatoms. The molecule has 1 heterocycles.